The smallest absolute Gasteiger partial charge is 0.162 e. The van der Waals surface area contributed by atoms with Crippen LogP contribution in [-0.2, 0) is 11.3 Å². The van der Waals surface area contributed by atoms with Gasteiger partial charge >= 0.3 is 0 Å². The van der Waals surface area contributed by atoms with E-state index in [2.05, 4.69) is 5.32 Å². The van der Waals surface area contributed by atoms with E-state index in [0.29, 0.717) is 18.4 Å². The largest absolute Gasteiger partial charge is 0.504 e. The van der Waals surface area contributed by atoms with Crippen molar-refractivity contribution in [2.75, 3.05) is 20.3 Å². The summed E-state index contributed by atoms with van der Waals surface area (Å²) in [4.78, 5) is 0. The third-order valence-corrected chi connectivity index (χ3v) is 3.80. The van der Waals surface area contributed by atoms with Crippen molar-refractivity contribution in [3.05, 3.63) is 23.8 Å². The maximum atomic E-state index is 9.95. The van der Waals surface area contributed by atoms with E-state index in [-0.39, 0.29) is 5.75 Å². The Morgan fingerprint density at radius 1 is 1.25 bits per heavy atom. The van der Waals surface area contributed by atoms with Gasteiger partial charge in [0, 0.05) is 18.7 Å². The van der Waals surface area contributed by atoms with Crippen LogP contribution in [0.1, 0.15) is 37.7 Å². The van der Waals surface area contributed by atoms with E-state index in [1.807, 2.05) is 12.1 Å². The first-order valence-electron chi connectivity index (χ1n) is 7.48. The zero-order valence-electron chi connectivity index (χ0n) is 12.2. The first-order valence-corrected chi connectivity index (χ1v) is 7.48. The van der Waals surface area contributed by atoms with Crippen LogP contribution in [-0.4, -0.2) is 31.5 Å². The Morgan fingerprint density at radius 2 is 2.05 bits per heavy atom. The second-order valence-electron chi connectivity index (χ2n) is 5.28. The minimum Gasteiger partial charge on any atom is -0.504 e. The van der Waals surface area contributed by atoms with Crippen LogP contribution in [0, 0.1) is 0 Å². The van der Waals surface area contributed by atoms with Crippen LogP contribution < -0.4 is 10.1 Å². The summed E-state index contributed by atoms with van der Waals surface area (Å²) in [6, 6.07) is 5.53. The molecule has 4 heteroatoms. The Morgan fingerprint density at radius 3 is 2.80 bits per heavy atom. The standard InChI is InChI=1S/C16H25NO3/c1-19-15-9-5-6-13(16(15)18)12-17-10-11-20-14-7-3-2-4-8-14/h5-6,9,14,17-18H,2-4,7-8,10-12H2,1H3. The fourth-order valence-corrected chi connectivity index (χ4v) is 2.63. The average Bonchev–Trinajstić information content (AvgIpc) is 2.49. The normalized spacial score (nSPS) is 16.2. The van der Waals surface area contributed by atoms with Gasteiger partial charge in [-0.15, -0.1) is 0 Å². The van der Waals surface area contributed by atoms with E-state index in [9.17, 15) is 5.11 Å². The predicted molar refractivity (Wildman–Crippen MR) is 79.2 cm³/mol. The van der Waals surface area contributed by atoms with E-state index in [0.717, 1.165) is 18.7 Å². The summed E-state index contributed by atoms with van der Waals surface area (Å²) in [5, 5.41) is 13.2. The Hall–Kier alpha value is -1.26. The number of methoxy groups -OCH3 is 1. The summed E-state index contributed by atoms with van der Waals surface area (Å²) < 4.78 is 10.9. The number of phenols is 1. The molecule has 1 fully saturated rings. The van der Waals surface area contributed by atoms with Gasteiger partial charge in [0.2, 0.25) is 0 Å². The number of hydrogen-bond donors (Lipinski definition) is 2. The van der Waals surface area contributed by atoms with Crippen LogP contribution in [0.15, 0.2) is 18.2 Å². The summed E-state index contributed by atoms with van der Waals surface area (Å²) in [7, 11) is 1.56. The molecule has 1 saturated carbocycles. The fraction of sp³-hybridized carbons (Fsp3) is 0.625. The lowest BCUT2D eigenvalue weighted by Crippen LogP contribution is -2.24. The second kappa shape index (κ2) is 8.12. The molecule has 1 aliphatic rings. The molecule has 2 N–H and O–H groups in total. The van der Waals surface area contributed by atoms with Gasteiger partial charge in [0.15, 0.2) is 11.5 Å². The molecule has 0 aromatic heterocycles. The average molecular weight is 279 g/mol. The third kappa shape index (κ3) is 4.39. The Balaban J connectivity index is 1.65. The molecule has 4 nitrogen and oxygen atoms in total. The zero-order chi connectivity index (χ0) is 14.2. The molecule has 0 saturated heterocycles. The Bertz CT molecular complexity index is 403. The maximum Gasteiger partial charge on any atom is 0.162 e. The van der Waals surface area contributed by atoms with Gasteiger partial charge in [-0.2, -0.15) is 0 Å². The van der Waals surface area contributed by atoms with Gasteiger partial charge < -0.3 is 19.9 Å². The quantitative estimate of drug-likeness (QED) is 0.754. The highest BCUT2D eigenvalue weighted by molar-refractivity contribution is 5.45. The van der Waals surface area contributed by atoms with Crippen LogP contribution in [0.2, 0.25) is 0 Å². The first kappa shape index (κ1) is 15.1. The number of ether oxygens (including phenoxy) is 2. The molecule has 0 aliphatic heterocycles. The summed E-state index contributed by atoms with van der Waals surface area (Å²) >= 11 is 0. The number of hydrogen-bond acceptors (Lipinski definition) is 4. The monoisotopic (exact) mass is 279 g/mol. The minimum absolute atomic E-state index is 0.218. The van der Waals surface area contributed by atoms with Gasteiger partial charge in [0.1, 0.15) is 0 Å². The molecular weight excluding hydrogens is 254 g/mol. The molecule has 0 unspecified atom stereocenters. The molecule has 0 radical (unpaired) electrons. The van der Waals surface area contributed by atoms with Crippen LogP contribution in [0.5, 0.6) is 11.5 Å². The van der Waals surface area contributed by atoms with Crippen LogP contribution in [0.4, 0.5) is 0 Å². The molecule has 1 aromatic carbocycles. The number of benzene rings is 1. The summed E-state index contributed by atoms with van der Waals surface area (Å²) in [6.45, 7) is 2.15. The van der Waals surface area contributed by atoms with E-state index in [1.54, 1.807) is 13.2 Å². The Kier molecular flexibility index (Phi) is 6.15. The zero-order valence-corrected chi connectivity index (χ0v) is 12.2. The van der Waals surface area contributed by atoms with Crippen LogP contribution in [0.3, 0.4) is 0 Å². The molecule has 0 atom stereocenters. The van der Waals surface area contributed by atoms with Crippen molar-refractivity contribution in [2.45, 2.75) is 44.8 Å². The fourth-order valence-electron chi connectivity index (χ4n) is 2.63. The predicted octanol–water partition coefficient (Wildman–Crippen LogP) is 2.84. The Labute approximate surface area is 121 Å². The van der Waals surface area contributed by atoms with E-state index < -0.39 is 0 Å². The molecule has 2 rings (SSSR count). The highest BCUT2D eigenvalue weighted by atomic mass is 16.5. The summed E-state index contributed by atoms with van der Waals surface area (Å²) in [6.07, 6.45) is 6.82. The van der Waals surface area contributed by atoms with Crippen molar-refractivity contribution in [1.29, 1.82) is 0 Å². The van der Waals surface area contributed by atoms with Crippen molar-refractivity contribution in [1.82, 2.24) is 5.32 Å². The molecule has 0 spiro atoms. The molecule has 1 aliphatic carbocycles. The molecule has 1 aromatic rings. The molecule has 0 amide bonds. The molecule has 20 heavy (non-hydrogen) atoms. The van der Waals surface area contributed by atoms with E-state index in [1.165, 1.54) is 32.1 Å². The summed E-state index contributed by atoms with van der Waals surface area (Å²) in [5.41, 5.74) is 0.849. The number of phenolic OH excluding ortho intramolecular Hbond substituents is 1. The van der Waals surface area contributed by atoms with Gasteiger partial charge in [-0.1, -0.05) is 31.4 Å². The topological polar surface area (TPSA) is 50.7 Å². The minimum atomic E-state index is 0.218. The number of rotatable bonds is 7. The number of aromatic hydroxyl groups is 1. The van der Waals surface area contributed by atoms with E-state index in [4.69, 9.17) is 9.47 Å². The van der Waals surface area contributed by atoms with Gasteiger partial charge in [-0.25, -0.2) is 0 Å². The third-order valence-electron chi connectivity index (χ3n) is 3.80. The van der Waals surface area contributed by atoms with Crippen molar-refractivity contribution >= 4 is 0 Å². The molecule has 0 heterocycles. The maximum absolute atomic E-state index is 9.95. The van der Waals surface area contributed by atoms with Crippen molar-refractivity contribution in [3.63, 3.8) is 0 Å². The number of para-hydroxylation sites is 1. The molecular formula is C16H25NO3. The molecule has 112 valence electrons. The lowest BCUT2D eigenvalue weighted by molar-refractivity contribution is 0.0302. The van der Waals surface area contributed by atoms with Crippen molar-refractivity contribution in [2.24, 2.45) is 0 Å². The van der Waals surface area contributed by atoms with Crippen LogP contribution in [0.25, 0.3) is 0 Å². The first-order chi connectivity index (χ1) is 9.81. The van der Waals surface area contributed by atoms with Crippen molar-refractivity contribution in [3.8, 4) is 11.5 Å². The highest BCUT2D eigenvalue weighted by Gasteiger charge is 2.13. The molecule has 0 bridgehead atoms. The SMILES string of the molecule is COc1cccc(CNCCOC2CCCCC2)c1O. The van der Waals surface area contributed by atoms with E-state index >= 15 is 0 Å². The second-order valence-corrected chi connectivity index (χ2v) is 5.28. The lowest BCUT2D eigenvalue weighted by atomic mass is 9.98. The number of nitrogens with one attached hydrogen (secondary N) is 1. The summed E-state index contributed by atoms with van der Waals surface area (Å²) in [5.74, 6) is 0.735. The lowest BCUT2D eigenvalue weighted by Gasteiger charge is -2.22. The van der Waals surface area contributed by atoms with Gasteiger partial charge in [-0.3, -0.25) is 0 Å². The van der Waals surface area contributed by atoms with Crippen LogP contribution >= 0.6 is 0 Å². The van der Waals surface area contributed by atoms with Gasteiger partial charge in [-0.05, 0) is 18.9 Å². The highest BCUT2D eigenvalue weighted by Crippen LogP contribution is 2.29. The van der Waals surface area contributed by atoms with Gasteiger partial charge in [0.05, 0.1) is 19.8 Å². The van der Waals surface area contributed by atoms with Gasteiger partial charge in [0.25, 0.3) is 0 Å². The van der Waals surface area contributed by atoms with Crippen molar-refractivity contribution < 1.29 is 14.6 Å².